The van der Waals surface area contributed by atoms with Crippen molar-refractivity contribution >= 4 is 23.5 Å². The van der Waals surface area contributed by atoms with Crippen molar-refractivity contribution in [1.29, 1.82) is 0 Å². The zero-order valence-electron chi connectivity index (χ0n) is 13.3. The third kappa shape index (κ3) is 6.72. The second-order valence-electron chi connectivity index (χ2n) is 5.11. The second-order valence-corrected chi connectivity index (χ2v) is 5.52. The molecule has 1 N–H and O–H groups in total. The van der Waals surface area contributed by atoms with E-state index in [0.717, 1.165) is 0 Å². The molecule has 0 heterocycles. The Balaban J connectivity index is 2.77. The predicted octanol–water partition coefficient (Wildman–Crippen LogP) is 2.02. The van der Waals surface area contributed by atoms with Crippen molar-refractivity contribution in [1.82, 2.24) is 10.2 Å². The van der Waals surface area contributed by atoms with Crippen LogP contribution >= 0.6 is 11.6 Å². The van der Waals surface area contributed by atoms with Gasteiger partial charge in [0.25, 0.3) is 0 Å². The van der Waals surface area contributed by atoms with Gasteiger partial charge < -0.3 is 10.1 Å². The molecule has 0 aliphatic rings. The van der Waals surface area contributed by atoms with Gasteiger partial charge in [-0.15, -0.1) is 12.3 Å². The quantitative estimate of drug-likeness (QED) is 0.583. The predicted molar refractivity (Wildman–Crippen MR) is 89.9 cm³/mol. The number of hydrogen-bond acceptors (Lipinski definition) is 4. The zero-order valence-corrected chi connectivity index (χ0v) is 14.1. The summed E-state index contributed by atoms with van der Waals surface area (Å²) >= 11 is 6.17. The summed E-state index contributed by atoms with van der Waals surface area (Å²) in [5.74, 6) is 1.90. The van der Waals surface area contributed by atoms with Crippen molar-refractivity contribution in [2.24, 2.45) is 0 Å². The number of amides is 1. The average Bonchev–Trinajstić information content (AvgIpc) is 2.52. The average molecular weight is 337 g/mol. The van der Waals surface area contributed by atoms with E-state index in [1.54, 1.807) is 24.3 Å². The lowest BCUT2D eigenvalue weighted by Crippen LogP contribution is -2.38. The van der Waals surface area contributed by atoms with Crippen LogP contribution in [-0.2, 0) is 14.3 Å². The Labute approximate surface area is 141 Å². The van der Waals surface area contributed by atoms with Crippen molar-refractivity contribution in [2.45, 2.75) is 18.9 Å². The molecule has 5 nitrogen and oxygen atoms in total. The van der Waals surface area contributed by atoms with Crippen LogP contribution in [0, 0.1) is 12.3 Å². The van der Waals surface area contributed by atoms with Crippen LogP contribution in [-0.4, -0.2) is 44.0 Å². The first-order valence-corrected chi connectivity index (χ1v) is 7.58. The first kappa shape index (κ1) is 19.0. The fourth-order valence-electron chi connectivity index (χ4n) is 2.07. The molecule has 0 aliphatic carbocycles. The van der Waals surface area contributed by atoms with E-state index in [0.29, 0.717) is 23.6 Å². The molecule has 1 amide bonds. The zero-order chi connectivity index (χ0) is 17.2. The van der Waals surface area contributed by atoms with E-state index in [2.05, 4.69) is 11.2 Å². The van der Waals surface area contributed by atoms with E-state index < -0.39 is 12.0 Å². The van der Waals surface area contributed by atoms with Crippen LogP contribution in [0.5, 0.6) is 0 Å². The third-order valence-electron chi connectivity index (χ3n) is 3.27. The van der Waals surface area contributed by atoms with Crippen molar-refractivity contribution < 1.29 is 14.3 Å². The Morgan fingerprint density at radius 1 is 1.43 bits per heavy atom. The highest BCUT2D eigenvalue weighted by Gasteiger charge is 2.21. The number of carbonyl (C=O) groups excluding carboxylic acids is 2. The summed E-state index contributed by atoms with van der Waals surface area (Å²) in [5.41, 5.74) is 0.680. The summed E-state index contributed by atoms with van der Waals surface area (Å²) in [6, 6.07) is 6.54. The monoisotopic (exact) mass is 336 g/mol. The molecule has 0 saturated heterocycles. The maximum atomic E-state index is 12.2. The van der Waals surface area contributed by atoms with Crippen LogP contribution in [0.15, 0.2) is 24.3 Å². The van der Waals surface area contributed by atoms with E-state index in [-0.39, 0.29) is 18.9 Å². The van der Waals surface area contributed by atoms with Gasteiger partial charge in [-0.25, -0.2) is 0 Å². The molecule has 0 fully saturated rings. The molecule has 1 atom stereocenters. The highest BCUT2D eigenvalue weighted by atomic mass is 35.5. The molecule has 1 aromatic rings. The van der Waals surface area contributed by atoms with Crippen LogP contribution in [0.25, 0.3) is 0 Å². The maximum Gasteiger partial charge on any atom is 0.307 e. The van der Waals surface area contributed by atoms with Gasteiger partial charge >= 0.3 is 5.97 Å². The molecule has 124 valence electrons. The number of likely N-dealkylation sites (N-methyl/N-ethyl adjacent to an activating group) is 1. The fourth-order valence-corrected chi connectivity index (χ4v) is 2.33. The Bertz CT molecular complexity index is 583. The molecule has 0 radical (unpaired) electrons. The summed E-state index contributed by atoms with van der Waals surface area (Å²) in [7, 11) is 3.11. The van der Waals surface area contributed by atoms with Crippen LogP contribution in [0.2, 0.25) is 5.02 Å². The topological polar surface area (TPSA) is 58.6 Å². The van der Waals surface area contributed by atoms with Gasteiger partial charge in [0.2, 0.25) is 5.91 Å². The van der Waals surface area contributed by atoms with Gasteiger partial charge in [0.1, 0.15) is 0 Å². The van der Waals surface area contributed by atoms with Crippen LogP contribution in [0.3, 0.4) is 0 Å². The van der Waals surface area contributed by atoms with E-state index in [1.165, 1.54) is 7.11 Å². The van der Waals surface area contributed by atoms with E-state index >= 15 is 0 Å². The molecule has 0 bridgehead atoms. The summed E-state index contributed by atoms with van der Waals surface area (Å²) in [5, 5.41) is 3.32. The number of nitrogens with one attached hydrogen (secondary N) is 1. The van der Waals surface area contributed by atoms with Gasteiger partial charge in [0, 0.05) is 18.0 Å². The number of carbonyl (C=O) groups is 2. The molecule has 0 aliphatic heterocycles. The first-order chi connectivity index (χ1) is 11.0. The number of terminal acetylenes is 1. The number of benzene rings is 1. The molecular formula is C17H21ClN2O3. The number of rotatable bonds is 8. The minimum Gasteiger partial charge on any atom is -0.469 e. The minimum absolute atomic E-state index is 0.0139. The lowest BCUT2D eigenvalue weighted by atomic mass is 10.0. The lowest BCUT2D eigenvalue weighted by Gasteiger charge is -2.21. The van der Waals surface area contributed by atoms with Crippen LogP contribution in [0.4, 0.5) is 0 Å². The molecule has 0 aromatic heterocycles. The largest absolute Gasteiger partial charge is 0.469 e. The first-order valence-electron chi connectivity index (χ1n) is 7.20. The number of esters is 1. The molecule has 0 saturated carbocycles. The van der Waals surface area contributed by atoms with Crippen LogP contribution in [0.1, 0.15) is 24.4 Å². The molecule has 1 rings (SSSR count). The second kappa shape index (κ2) is 9.88. The van der Waals surface area contributed by atoms with Gasteiger partial charge in [0.15, 0.2) is 0 Å². The summed E-state index contributed by atoms with van der Waals surface area (Å²) in [6.07, 6.45) is 5.79. The number of ether oxygens (including phenoxy) is 1. The third-order valence-corrected chi connectivity index (χ3v) is 3.61. The van der Waals surface area contributed by atoms with Gasteiger partial charge in [-0.3, -0.25) is 14.5 Å². The molecular weight excluding hydrogens is 316 g/mol. The van der Waals surface area contributed by atoms with E-state index in [1.807, 2.05) is 11.9 Å². The van der Waals surface area contributed by atoms with E-state index in [9.17, 15) is 9.59 Å². The molecule has 23 heavy (non-hydrogen) atoms. The summed E-state index contributed by atoms with van der Waals surface area (Å²) in [4.78, 5) is 25.6. The highest BCUT2D eigenvalue weighted by molar-refractivity contribution is 6.31. The van der Waals surface area contributed by atoms with Gasteiger partial charge in [-0.2, -0.15) is 0 Å². The van der Waals surface area contributed by atoms with Crippen LogP contribution < -0.4 is 5.32 Å². The molecule has 6 heteroatoms. The van der Waals surface area contributed by atoms with Crippen molar-refractivity contribution in [2.75, 3.05) is 27.2 Å². The Morgan fingerprint density at radius 3 is 2.74 bits per heavy atom. The van der Waals surface area contributed by atoms with Crippen molar-refractivity contribution in [3.63, 3.8) is 0 Å². The highest BCUT2D eigenvalue weighted by Crippen LogP contribution is 2.25. The van der Waals surface area contributed by atoms with Crippen molar-refractivity contribution in [3.05, 3.63) is 34.9 Å². The molecule has 0 unspecified atom stereocenters. The van der Waals surface area contributed by atoms with Gasteiger partial charge in [0.05, 0.1) is 26.1 Å². The SMILES string of the molecule is C#CCCN(C)CC(=O)N[C@H](CC(=O)OC)c1ccccc1Cl. The fraction of sp³-hybridized carbons (Fsp3) is 0.412. The van der Waals surface area contributed by atoms with E-state index in [4.69, 9.17) is 22.8 Å². The van der Waals surface area contributed by atoms with Crippen molar-refractivity contribution in [3.8, 4) is 12.3 Å². The minimum atomic E-state index is -0.537. The summed E-state index contributed by atoms with van der Waals surface area (Å²) < 4.78 is 4.69. The Hall–Kier alpha value is -2.03. The number of methoxy groups -OCH3 is 1. The lowest BCUT2D eigenvalue weighted by molar-refractivity contribution is -0.141. The maximum absolute atomic E-state index is 12.2. The Morgan fingerprint density at radius 2 is 2.13 bits per heavy atom. The smallest absolute Gasteiger partial charge is 0.307 e. The normalized spacial score (nSPS) is 11.6. The number of halogens is 1. The van der Waals surface area contributed by atoms with Gasteiger partial charge in [-0.1, -0.05) is 29.8 Å². The molecule has 0 spiro atoms. The Kier molecular flexibility index (Phi) is 8.17. The molecule has 1 aromatic carbocycles. The summed E-state index contributed by atoms with van der Waals surface area (Å²) in [6.45, 7) is 0.807. The number of hydrogen-bond donors (Lipinski definition) is 1. The number of nitrogens with zero attached hydrogens (tertiary/aromatic N) is 1. The van der Waals surface area contributed by atoms with Gasteiger partial charge in [-0.05, 0) is 18.7 Å². The standard InChI is InChI=1S/C17H21ClN2O3/c1-4-5-10-20(2)12-16(21)19-15(11-17(22)23-3)13-8-6-7-9-14(13)18/h1,6-9,15H,5,10-12H2,2-3H3,(H,19,21)/t15-/m1/s1.